The first-order valence-corrected chi connectivity index (χ1v) is 6.86. The van der Waals surface area contributed by atoms with Crippen molar-refractivity contribution in [1.82, 2.24) is 0 Å². The highest BCUT2D eigenvalue weighted by Gasteiger charge is 2.37. The molecular weight excluding hydrogens is 242 g/mol. The molecule has 3 atom stereocenters. The van der Waals surface area contributed by atoms with Crippen LogP contribution in [-0.4, -0.2) is 31.1 Å². The molecule has 0 fully saturated rings. The average Bonchev–Trinajstić information content (AvgIpc) is 2.32. The summed E-state index contributed by atoms with van der Waals surface area (Å²) in [5, 5.41) is 0. The Morgan fingerprint density at radius 3 is 2.47 bits per heavy atom. The van der Waals surface area contributed by atoms with Crippen LogP contribution in [0.2, 0.25) is 0 Å². The van der Waals surface area contributed by atoms with Gasteiger partial charge in [-0.3, -0.25) is 4.79 Å². The van der Waals surface area contributed by atoms with Crippen molar-refractivity contribution in [3.8, 4) is 0 Å². The minimum absolute atomic E-state index is 0.0567. The predicted molar refractivity (Wildman–Crippen MR) is 75.6 cm³/mol. The van der Waals surface area contributed by atoms with Gasteiger partial charge in [-0.1, -0.05) is 0 Å². The molecule has 0 aliphatic heterocycles. The molecular formula is C15H25NO3. The zero-order chi connectivity index (χ0) is 14.6. The van der Waals surface area contributed by atoms with E-state index in [0.717, 1.165) is 11.1 Å². The Labute approximate surface area is 115 Å². The van der Waals surface area contributed by atoms with Crippen LogP contribution in [0.15, 0.2) is 23.0 Å². The second-order valence-corrected chi connectivity index (χ2v) is 4.87. The monoisotopic (exact) mass is 267 g/mol. The zero-order valence-electron chi connectivity index (χ0n) is 12.5. The molecule has 2 N–H and O–H groups in total. The molecule has 19 heavy (non-hydrogen) atoms. The van der Waals surface area contributed by atoms with E-state index >= 15 is 0 Å². The van der Waals surface area contributed by atoms with Crippen molar-refractivity contribution in [3.05, 3.63) is 23.0 Å². The van der Waals surface area contributed by atoms with Crippen LogP contribution in [0.3, 0.4) is 0 Å². The summed E-state index contributed by atoms with van der Waals surface area (Å²) < 4.78 is 11.4. The van der Waals surface area contributed by atoms with E-state index in [1.165, 1.54) is 0 Å². The van der Waals surface area contributed by atoms with Gasteiger partial charge in [0.15, 0.2) is 0 Å². The van der Waals surface area contributed by atoms with Crippen LogP contribution in [0.1, 0.15) is 34.6 Å². The number of rotatable bonds is 6. The van der Waals surface area contributed by atoms with E-state index < -0.39 is 0 Å². The molecule has 0 saturated heterocycles. The van der Waals surface area contributed by atoms with Gasteiger partial charge in [-0.25, -0.2) is 0 Å². The fourth-order valence-electron chi connectivity index (χ4n) is 2.52. The Kier molecular flexibility index (Phi) is 5.76. The van der Waals surface area contributed by atoms with Crippen LogP contribution in [0.4, 0.5) is 0 Å². The van der Waals surface area contributed by atoms with Crippen molar-refractivity contribution in [3.63, 3.8) is 0 Å². The molecule has 1 aliphatic carbocycles. The molecule has 4 heteroatoms. The Hall–Kier alpha value is -1.13. The molecule has 0 aromatic carbocycles. The van der Waals surface area contributed by atoms with Gasteiger partial charge in [-0.2, -0.15) is 0 Å². The van der Waals surface area contributed by atoms with Gasteiger partial charge in [0.25, 0.3) is 0 Å². The van der Waals surface area contributed by atoms with Crippen LogP contribution >= 0.6 is 0 Å². The Balaban J connectivity index is 3.25. The van der Waals surface area contributed by atoms with E-state index in [1.54, 1.807) is 6.92 Å². The molecule has 0 bridgehead atoms. The first-order valence-electron chi connectivity index (χ1n) is 6.86. The van der Waals surface area contributed by atoms with E-state index in [1.807, 2.05) is 33.8 Å². The number of hydrogen-bond donors (Lipinski definition) is 1. The number of ketones is 1. The molecule has 0 aromatic rings. The summed E-state index contributed by atoms with van der Waals surface area (Å²) in [6.45, 7) is 10.4. The Bertz CT molecular complexity index is 396. The van der Waals surface area contributed by atoms with Gasteiger partial charge in [-0.15, -0.1) is 0 Å². The van der Waals surface area contributed by atoms with Crippen molar-refractivity contribution in [2.24, 2.45) is 11.7 Å². The lowest BCUT2D eigenvalue weighted by molar-refractivity contribution is -0.125. The van der Waals surface area contributed by atoms with Crippen LogP contribution in [0, 0.1) is 5.92 Å². The summed E-state index contributed by atoms with van der Waals surface area (Å²) in [5.41, 5.74) is 8.03. The molecule has 0 saturated carbocycles. The number of hydrogen-bond acceptors (Lipinski definition) is 4. The van der Waals surface area contributed by atoms with Gasteiger partial charge in [0.05, 0.1) is 12.7 Å². The second-order valence-electron chi connectivity index (χ2n) is 4.87. The van der Waals surface area contributed by atoms with E-state index in [-0.39, 0.29) is 23.8 Å². The SMILES string of the molecule is CCOC1=CC([C@@H](C)N)=C(C)C(OCC)C1C(C)=O. The van der Waals surface area contributed by atoms with Gasteiger partial charge in [0.1, 0.15) is 17.5 Å². The molecule has 4 nitrogen and oxygen atoms in total. The van der Waals surface area contributed by atoms with Crippen molar-refractivity contribution in [1.29, 1.82) is 0 Å². The topological polar surface area (TPSA) is 61.6 Å². The van der Waals surface area contributed by atoms with E-state index in [2.05, 4.69) is 0 Å². The maximum absolute atomic E-state index is 11.9. The Morgan fingerprint density at radius 1 is 1.42 bits per heavy atom. The summed E-state index contributed by atoms with van der Waals surface area (Å²) in [5.74, 6) is 0.370. The highest BCUT2D eigenvalue weighted by Crippen LogP contribution is 2.34. The Morgan fingerprint density at radius 2 is 2.05 bits per heavy atom. The minimum atomic E-state index is -0.359. The number of carbonyl (C=O) groups is 1. The van der Waals surface area contributed by atoms with Gasteiger partial charge >= 0.3 is 0 Å². The maximum atomic E-state index is 11.9. The number of carbonyl (C=O) groups excluding carboxylic acids is 1. The van der Waals surface area contributed by atoms with Crippen molar-refractivity contribution in [2.45, 2.75) is 46.8 Å². The third-order valence-electron chi connectivity index (χ3n) is 3.37. The van der Waals surface area contributed by atoms with Crippen LogP contribution < -0.4 is 5.73 Å². The van der Waals surface area contributed by atoms with Crippen molar-refractivity contribution in [2.75, 3.05) is 13.2 Å². The van der Waals surface area contributed by atoms with Crippen LogP contribution in [0.5, 0.6) is 0 Å². The van der Waals surface area contributed by atoms with Gasteiger partial charge in [-0.05, 0) is 51.8 Å². The molecule has 0 amide bonds. The largest absolute Gasteiger partial charge is 0.497 e. The minimum Gasteiger partial charge on any atom is -0.497 e. The fraction of sp³-hybridized carbons (Fsp3) is 0.667. The van der Waals surface area contributed by atoms with Crippen molar-refractivity contribution < 1.29 is 14.3 Å². The summed E-state index contributed by atoms with van der Waals surface area (Å²) in [7, 11) is 0. The predicted octanol–water partition coefficient (Wildman–Crippen LogP) is 2.19. The van der Waals surface area contributed by atoms with E-state index in [9.17, 15) is 4.79 Å². The highest BCUT2D eigenvalue weighted by atomic mass is 16.5. The molecule has 2 unspecified atom stereocenters. The summed E-state index contributed by atoms with van der Waals surface area (Å²) in [6, 6.07) is -0.105. The summed E-state index contributed by atoms with van der Waals surface area (Å²) in [4.78, 5) is 11.9. The lowest BCUT2D eigenvalue weighted by Crippen LogP contribution is -2.38. The molecule has 0 aromatic heterocycles. The molecule has 1 aliphatic rings. The number of nitrogens with two attached hydrogens (primary N) is 1. The summed E-state index contributed by atoms with van der Waals surface area (Å²) in [6.07, 6.45) is 1.64. The van der Waals surface area contributed by atoms with Crippen LogP contribution in [-0.2, 0) is 14.3 Å². The molecule has 0 radical (unpaired) electrons. The molecule has 0 heterocycles. The highest BCUT2D eigenvalue weighted by molar-refractivity contribution is 5.82. The lowest BCUT2D eigenvalue weighted by Gasteiger charge is -2.33. The third kappa shape index (κ3) is 3.45. The zero-order valence-corrected chi connectivity index (χ0v) is 12.5. The average molecular weight is 267 g/mol. The van der Waals surface area contributed by atoms with Gasteiger partial charge in [0.2, 0.25) is 0 Å². The first-order chi connectivity index (χ1) is 8.93. The van der Waals surface area contributed by atoms with Gasteiger partial charge < -0.3 is 15.2 Å². The van der Waals surface area contributed by atoms with E-state index in [4.69, 9.17) is 15.2 Å². The smallest absolute Gasteiger partial charge is 0.143 e. The second kappa shape index (κ2) is 6.87. The van der Waals surface area contributed by atoms with E-state index in [0.29, 0.717) is 19.0 Å². The van der Waals surface area contributed by atoms with Gasteiger partial charge in [0, 0.05) is 12.6 Å². The first kappa shape index (κ1) is 15.9. The fourth-order valence-corrected chi connectivity index (χ4v) is 2.52. The summed E-state index contributed by atoms with van der Waals surface area (Å²) >= 11 is 0. The maximum Gasteiger partial charge on any atom is 0.143 e. The van der Waals surface area contributed by atoms with Crippen molar-refractivity contribution >= 4 is 5.78 Å². The standard InChI is InChI=1S/C15H25NO3/c1-6-18-13-8-12(10(4)16)9(3)15(19-7-2)14(13)11(5)17/h8,10,14-15H,6-7,16H2,1-5H3/t10-,14?,15?/m1/s1. The third-order valence-corrected chi connectivity index (χ3v) is 3.37. The molecule has 108 valence electrons. The number of Topliss-reactive ketones (excluding diaryl/α,β-unsaturated/α-hetero) is 1. The number of ether oxygens (including phenoxy) is 2. The molecule has 0 spiro atoms. The lowest BCUT2D eigenvalue weighted by atomic mass is 9.82. The molecule has 1 rings (SSSR count). The normalized spacial score (nSPS) is 25.1. The quantitative estimate of drug-likeness (QED) is 0.801. The van der Waals surface area contributed by atoms with Crippen LogP contribution in [0.25, 0.3) is 0 Å².